The summed E-state index contributed by atoms with van der Waals surface area (Å²) in [5.41, 5.74) is -0.971. The van der Waals surface area contributed by atoms with Crippen LogP contribution in [0.5, 0.6) is 0 Å². The van der Waals surface area contributed by atoms with Gasteiger partial charge in [-0.15, -0.1) is 0 Å². The highest BCUT2D eigenvalue weighted by atomic mass is 16.7. The van der Waals surface area contributed by atoms with Crippen LogP contribution in [-0.2, 0) is 38.1 Å². The molecule has 2 N–H and O–H groups in total. The van der Waals surface area contributed by atoms with E-state index in [1.54, 1.807) is 47.7 Å². The summed E-state index contributed by atoms with van der Waals surface area (Å²) < 4.78 is 31.1. The van der Waals surface area contributed by atoms with Gasteiger partial charge in [0.15, 0.2) is 11.9 Å². The van der Waals surface area contributed by atoms with Crippen LogP contribution in [0, 0.1) is 17.8 Å². The number of nitrogens with one attached hydrogen (secondary N) is 1. The Morgan fingerprint density at radius 3 is 2.50 bits per heavy atom. The molecule has 1 aromatic heterocycles. The molecule has 2 aromatic rings. The van der Waals surface area contributed by atoms with Crippen LogP contribution in [-0.4, -0.2) is 113 Å². The Bertz CT molecular complexity index is 1720. The van der Waals surface area contributed by atoms with E-state index in [-0.39, 0.29) is 37.4 Å². The molecule has 54 heavy (non-hydrogen) atoms. The molecule has 13 nitrogen and oxygen atoms in total. The number of ketones is 2. The fourth-order valence-electron chi connectivity index (χ4n) is 8.50. The largest absolute Gasteiger partial charge is 0.458 e. The van der Waals surface area contributed by atoms with Crippen molar-refractivity contribution in [3.63, 3.8) is 0 Å². The maximum atomic E-state index is 14.4. The summed E-state index contributed by atoms with van der Waals surface area (Å²) in [7, 11) is 3.74. The van der Waals surface area contributed by atoms with Crippen LogP contribution in [0.25, 0.3) is 17.0 Å². The smallest absolute Gasteiger partial charge is 0.408 e. The number of para-hydroxylation sites is 1. The summed E-state index contributed by atoms with van der Waals surface area (Å²) in [4.78, 5) is 61.0. The molecule has 0 radical (unpaired) electrons. The van der Waals surface area contributed by atoms with E-state index in [1.165, 1.54) is 0 Å². The van der Waals surface area contributed by atoms with Crippen LogP contribution in [0.1, 0.15) is 79.7 Å². The third-order valence-electron chi connectivity index (χ3n) is 11.5. The fourth-order valence-corrected chi connectivity index (χ4v) is 8.50. The summed E-state index contributed by atoms with van der Waals surface area (Å²) >= 11 is 0. The molecule has 1 aromatic carbocycles. The van der Waals surface area contributed by atoms with Gasteiger partial charge in [-0.05, 0) is 71.8 Å². The Kier molecular flexibility index (Phi) is 13.0. The molecule has 3 fully saturated rings. The van der Waals surface area contributed by atoms with Crippen molar-refractivity contribution in [3.8, 4) is 0 Å². The summed E-state index contributed by atoms with van der Waals surface area (Å²) in [6, 6.07) is 8.71. The Balaban J connectivity index is 1.53. The SMILES string of the molecule is CC[C@@H]1OC(=O)CC(=O)[C@H](C)[C@@H](O[C@@H]2O[C@H](C)C[C@H](N(C)C)[C@H]2O)[C@@](C)(OC/C=C/c2cnc3ccccc3c2)C[C@@H](C)C(=O)[C@@H](C)[C@H]2NC(=O)O[C@]12C. The second kappa shape index (κ2) is 16.9. The molecule has 12 atom stereocenters. The number of amides is 1. The molecule has 3 saturated heterocycles. The lowest BCUT2D eigenvalue weighted by Gasteiger charge is -2.47. The molecule has 1 amide bonds. The summed E-state index contributed by atoms with van der Waals surface area (Å²) in [6.45, 7) is 12.3. The van der Waals surface area contributed by atoms with E-state index in [0.29, 0.717) is 6.42 Å². The molecule has 3 aliphatic heterocycles. The molecule has 0 aliphatic carbocycles. The van der Waals surface area contributed by atoms with Gasteiger partial charge in [0.05, 0.1) is 36.0 Å². The number of carbonyl (C=O) groups is 4. The number of carbonyl (C=O) groups excluding carboxylic acids is 4. The van der Waals surface area contributed by atoms with E-state index in [4.69, 9.17) is 23.7 Å². The molecule has 0 spiro atoms. The molecule has 296 valence electrons. The van der Waals surface area contributed by atoms with Crippen molar-refractivity contribution in [2.45, 2.75) is 128 Å². The number of cyclic esters (lactones) is 1. The van der Waals surface area contributed by atoms with E-state index >= 15 is 0 Å². The van der Waals surface area contributed by atoms with Gasteiger partial charge >= 0.3 is 12.1 Å². The zero-order valence-corrected chi connectivity index (χ0v) is 32.9. The predicted molar refractivity (Wildman–Crippen MR) is 201 cm³/mol. The van der Waals surface area contributed by atoms with E-state index in [9.17, 15) is 24.3 Å². The number of pyridine rings is 1. The number of rotatable bonds is 8. The molecular formula is C41H57N3O10. The standard InChI is InChI=1S/C41H57N3O10/c1-10-32-41(7)36(43-39(49)54-41)26(5)34(47)23(2)21-40(6,50-17-13-14-27-19-28-15-11-12-16-29(28)42-22-27)37(25(4)31(45)20-33(46)52-32)53-38-35(48)30(44(8)9)18-24(3)51-38/h11-16,19,22-26,30,32,35-38,48H,10,17-18,20-21H2,1-9H3,(H,43,49)/b14-13+/t23-,24-,25+,26-,30+,32+,35-,36-,37-,38+,40+,41-/m1/s1. The first-order valence-electron chi connectivity index (χ1n) is 19.0. The average Bonchev–Trinajstić information content (AvgIpc) is 3.44. The van der Waals surface area contributed by atoms with E-state index in [0.717, 1.165) is 16.5 Å². The number of aliphatic hydroxyl groups excluding tert-OH is 1. The van der Waals surface area contributed by atoms with Crippen LogP contribution in [0.4, 0.5) is 4.79 Å². The first-order chi connectivity index (χ1) is 25.5. The zero-order chi connectivity index (χ0) is 39.5. The van der Waals surface area contributed by atoms with Gasteiger partial charge in [-0.2, -0.15) is 0 Å². The van der Waals surface area contributed by atoms with Crippen molar-refractivity contribution >= 4 is 40.6 Å². The maximum Gasteiger partial charge on any atom is 0.408 e. The normalized spacial score (nSPS) is 37.2. The number of alkyl carbamates (subject to hydrolysis) is 1. The molecule has 3 aliphatic rings. The minimum Gasteiger partial charge on any atom is -0.458 e. The van der Waals surface area contributed by atoms with Crippen molar-refractivity contribution in [3.05, 3.63) is 48.2 Å². The van der Waals surface area contributed by atoms with Crippen molar-refractivity contribution in [1.82, 2.24) is 15.2 Å². The van der Waals surface area contributed by atoms with Gasteiger partial charge in [0, 0.05) is 35.4 Å². The lowest BCUT2D eigenvalue weighted by Crippen LogP contribution is -2.59. The number of benzene rings is 1. The lowest BCUT2D eigenvalue weighted by atomic mass is 9.74. The highest BCUT2D eigenvalue weighted by Gasteiger charge is 2.57. The highest BCUT2D eigenvalue weighted by Crippen LogP contribution is 2.40. The van der Waals surface area contributed by atoms with Crippen LogP contribution < -0.4 is 5.32 Å². The van der Waals surface area contributed by atoms with Gasteiger partial charge in [0.1, 0.15) is 30.2 Å². The first kappa shape index (κ1) is 41.4. The predicted octanol–water partition coefficient (Wildman–Crippen LogP) is 4.86. The van der Waals surface area contributed by atoms with Crippen molar-refractivity contribution in [2.24, 2.45) is 17.8 Å². The number of esters is 1. The lowest BCUT2D eigenvalue weighted by molar-refractivity contribution is -0.296. The molecule has 0 unspecified atom stereocenters. The van der Waals surface area contributed by atoms with Gasteiger partial charge in [-0.25, -0.2) is 4.79 Å². The van der Waals surface area contributed by atoms with Crippen molar-refractivity contribution in [1.29, 1.82) is 0 Å². The quantitative estimate of drug-likeness (QED) is 0.279. The molecule has 4 heterocycles. The van der Waals surface area contributed by atoms with Gasteiger partial charge in [0.2, 0.25) is 0 Å². The number of aliphatic hydroxyl groups is 1. The molecular weight excluding hydrogens is 694 g/mol. The van der Waals surface area contributed by atoms with Gasteiger partial charge < -0.3 is 39.0 Å². The first-order valence-corrected chi connectivity index (χ1v) is 19.0. The van der Waals surface area contributed by atoms with Crippen LogP contribution in [0.15, 0.2) is 42.6 Å². The summed E-state index contributed by atoms with van der Waals surface area (Å²) in [5, 5.41) is 15.3. The Morgan fingerprint density at radius 1 is 1.07 bits per heavy atom. The van der Waals surface area contributed by atoms with Gasteiger partial charge in [-0.3, -0.25) is 19.4 Å². The number of aromatic nitrogens is 1. The van der Waals surface area contributed by atoms with Gasteiger partial charge in [0.25, 0.3) is 0 Å². The van der Waals surface area contributed by atoms with Crippen molar-refractivity contribution < 1.29 is 48.0 Å². The number of ether oxygens (including phenoxy) is 5. The highest BCUT2D eigenvalue weighted by molar-refractivity contribution is 5.97. The summed E-state index contributed by atoms with van der Waals surface area (Å²) in [5.74, 6) is -3.85. The third-order valence-corrected chi connectivity index (χ3v) is 11.5. The maximum absolute atomic E-state index is 14.4. The van der Waals surface area contributed by atoms with Crippen molar-refractivity contribution in [2.75, 3.05) is 20.7 Å². The third kappa shape index (κ3) is 8.86. The molecule has 0 bridgehead atoms. The van der Waals surface area contributed by atoms with E-state index < -0.39 is 83.9 Å². The zero-order valence-electron chi connectivity index (χ0n) is 32.9. The number of nitrogens with zero attached hydrogens (tertiary/aromatic N) is 2. The van der Waals surface area contributed by atoms with E-state index in [2.05, 4.69) is 10.3 Å². The number of Topliss-reactive ketones (excluding diaryl/α,β-unsaturated/α-hetero) is 2. The molecule has 13 heteroatoms. The van der Waals surface area contributed by atoms with Crippen LogP contribution in [0.3, 0.4) is 0 Å². The van der Waals surface area contributed by atoms with Crippen LogP contribution in [0.2, 0.25) is 0 Å². The van der Waals surface area contributed by atoms with Crippen LogP contribution >= 0.6 is 0 Å². The Morgan fingerprint density at radius 2 is 1.80 bits per heavy atom. The van der Waals surface area contributed by atoms with Gasteiger partial charge in [-0.1, -0.05) is 58.0 Å². The molecule has 0 saturated carbocycles. The Labute approximate surface area is 318 Å². The number of hydrogen-bond donors (Lipinski definition) is 2. The average molecular weight is 752 g/mol. The minimum atomic E-state index is -1.36. The number of hydrogen-bond acceptors (Lipinski definition) is 12. The molecule has 5 rings (SSSR count). The topological polar surface area (TPSA) is 163 Å². The fraction of sp³-hybridized carbons (Fsp3) is 0.634. The second-order valence-electron chi connectivity index (χ2n) is 15.9. The minimum absolute atomic E-state index is 0.0657. The summed E-state index contributed by atoms with van der Waals surface area (Å²) in [6.07, 6.45) is 0.601. The second-order valence-corrected chi connectivity index (χ2v) is 15.9. The number of fused-ring (bicyclic) bond motifs is 2. The monoisotopic (exact) mass is 751 g/mol. The Hall–Kier alpha value is -3.75. The number of likely N-dealkylation sites (N-methyl/N-ethyl adjacent to an activating group) is 1. The van der Waals surface area contributed by atoms with E-state index in [1.807, 2.05) is 68.4 Å².